The predicted molar refractivity (Wildman–Crippen MR) is 88.6 cm³/mol. The zero-order valence-electron chi connectivity index (χ0n) is 13.6. The molecule has 2 nitrogen and oxygen atoms in total. The van der Waals surface area contributed by atoms with Crippen molar-refractivity contribution in [2.75, 3.05) is 0 Å². The van der Waals surface area contributed by atoms with Gasteiger partial charge in [-0.2, -0.15) is 0 Å². The molecule has 0 spiro atoms. The molecule has 0 fully saturated rings. The maximum absolute atomic E-state index is 12.0. The number of unbranched alkanes of at least 4 members (excludes halogenated alkanes) is 3. The van der Waals surface area contributed by atoms with Gasteiger partial charge in [-0.05, 0) is 12.3 Å². The Balaban J connectivity index is 2.18. The van der Waals surface area contributed by atoms with Gasteiger partial charge in [-0.15, -0.1) is 0 Å². The number of rotatable bonds is 11. The normalized spacial score (nSPS) is 13.9. The molecule has 0 amide bonds. The van der Waals surface area contributed by atoms with E-state index in [1.807, 2.05) is 18.2 Å². The molecule has 0 bridgehead atoms. The molecule has 0 aliphatic carbocycles. The standard InChI is InChI=1S/C19H30O2/c1-3-4-5-7-11-16(2)12-10-15-18(20)19(21)17-13-8-6-9-14-17/h6,8-9,13-14,16,18,20H,3-5,7,10-12,15H2,1-2H3. The lowest BCUT2D eigenvalue weighted by molar-refractivity contribution is 0.0723. The van der Waals surface area contributed by atoms with Crippen LogP contribution in [0.25, 0.3) is 0 Å². The number of aliphatic hydroxyl groups excluding tert-OH is 1. The van der Waals surface area contributed by atoms with Crippen LogP contribution in [0.15, 0.2) is 30.3 Å². The lowest BCUT2D eigenvalue weighted by atomic mass is 9.95. The monoisotopic (exact) mass is 290 g/mol. The van der Waals surface area contributed by atoms with Gasteiger partial charge >= 0.3 is 0 Å². The van der Waals surface area contributed by atoms with E-state index < -0.39 is 6.10 Å². The van der Waals surface area contributed by atoms with E-state index in [9.17, 15) is 9.90 Å². The van der Waals surface area contributed by atoms with Crippen LogP contribution < -0.4 is 0 Å². The summed E-state index contributed by atoms with van der Waals surface area (Å²) in [4.78, 5) is 12.0. The third kappa shape index (κ3) is 7.42. The smallest absolute Gasteiger partial charge is 0.191 e. The summed E-state index contributed by atoms with van der Waals surface area (Å²) in [6.07, 6.45) is 8.27. The number of hydrogen-bond donors (Lipinski definition) is 1. The second-order valence-corrected chi connectivity index (χ2v) is 6.13. The quantitative estimate of drug-likeness (QED) is 0.459. The minimum atomic E-state index is -0.848. The van der Waals surface area contributed by atoms with Crippen molar-refractivity contribution in [2.24, 2.45) is 5.92 Å². The highest BCUT2D eigenvalue weighted by molar-refractivity contribution is 5.99. The van der Waals surface area contributed by atoms with Gasteiger partial charge < -0.3 is 5.11 Å². The van der Waals surface area contributed by atoms with Crippen molar-refractivity contribution in [3.05, 3.63) is 35.9 Å². The van der Waals surface area contributed by atoms with Gasteiger partial charge in [0, 0.05) is 5.56 Å². The van der Waals surface area contributed by atoms with Crippen molar-refractivity contribution in [3.63, 3.8) is 0 Å². The van der Waals surface area contributed by atoms with E-state index in [2.05, 4.69) is 13.8 Å². The average molecular weight is 290 g/mol. The minimum Gasteiger partial charge on any atom is -0.385 e. The first-order valence-electron chi connectivity index (χ1n) is 8.42. The molecular formula is C19H30O2. The van der Waals surface area contributed by atoms with Crippen molar-refractivity contribution in [1.29, 1.82) is 0 Å². The van der Waals surface area contributed by atoms with Crippen LogP contribution >= 0.6 is 0 Å². The summed E-state index contributed by atoms with van der Waals surface area (Å²) in [5.74, 6) is 0.548. The van der Waals surface area contributed by atoms with Crippen molar-refractivity contribution >= 4 is 5.78 Å². The third-order valence-corrected chi connectivity index (χ3v) is 4.09. The molecule has 0 aliphatic rings. The van der Waals surface area contributed by atoms with Crippen molar-refractivity contribution in [3.8, 4) is 0 Å². The van der Waals surface area contributed by atoms with Crippen molar-refractivity contribution in [1.82, 2.24) is 0 Å². The Bertz CT molecular complexity index is 386. The predicted octanol–water partition coefficient (Wildman–Crippen LogP) is 5.01. The maximum atomic E-state index is 12.0. The number of aliphatic hydroxyl groups is 1. The molecule has 2 atom stereocenters. The molecule has 0 saturated carbocycles. The first-order chi connectivity index (χ1) is 10.1. The molecule has 2 heteroatoms. The van der Waals surface area contributed by atoms with Crippen molar-refractivity contribution < 1.29 is 9.90 Å². The highest BCUT2D eigenvalue weighted by atomic mass is 16.3. The first-order valence-corrected chi connectivity index (χ1v) is 8.42. The van der Waals surface area contributed by atoms with Crippen molar-refractivity contribution in [2.45, 2.75) is 71.3 Å². The molecule has 118 valence electrons. The molecule has 0 aromatic heterocycles. The summed E-state index contributed by atoms with van der Waals surface area (Å²) in [6, 6.07) is 9.07. The molecule has 0 radical (unpaired) electrons. The largest absolute Gasteiger partial charge is 0.385 e. The number of carbonyl (C=O) groups is 1. The SMILES string of the molecule is CCCCCCC(C)CCCC(O)C(=O)c1ccccc1. The Labute approximate surface area is 129 Å². The van der Waals surface area contributed by atoms with Gasteiger partial charge in [0.2, 0.25) is 0 Å². The molecule has 1 aromatic carbocycles. The Morgan fingerprint density at radius 3 is 2.33 bits per heavy atom. The molecule has 21 heavy (non-hydrogen) atoms. The Morgan fingerprint density at radius 2 is 1.67 bits per heavy atom. The van der Waals surface area contributed by atoms with E-state index >= 15 is 0 Å². The van der Waals surface area contributed by atoms with Gasteiger partial charge in [-0.3, -0.25) is 4.79 Å². The molecule has 0 saturated heterocycles. The Morgan fingerprint density at radius 1 is 1.00 bits per heavy atom. The summed E-state index contributed by atoms with van der Waals surface area (Å²) in [6.45, 7) is 4.51. The van der Waals surface area contributed by atoms with Crippen LogP contribution in [0, 0.1) is 5.92 Å². The first kappa shape index (κ1) is 17.9. The fourth-order valence-electron chi connectivity index (χ4n) is 2.65. The van der Waals surface area contributed by atoms with E-state index in [-0.39, 0.29) is 5.78 Å². The third-order valence-electron chi connectivity index (χ3n) is 4.09. The van der Waals surface area contributed by atoms with Crippen LogP contribution in [0.3, 0.4) is 0 Å². The van der Waals surface area contributed by atoms with E-state index in [0.717, 1.165) is 12.8 Å². The van der Waals surface area contributed by atoms with E-state index in [0.29, 0.717) is 17.9 Å². The Hall–Kier alpha value is -1.15. The fourth-order valence-corrected chi connectivity index (χ4v) is 2.65. The number of carbonyl (C=O) groups excluding carboxylic acids is 1. The zero-order chi connectivity index (χ0) is 15.5. The van der Waals surface area contributed by atoms with Gasteiger partial charge in [0.1, 0.15) is 6.10 Å². The molecule has 2 unspecified atom stereocenters. The van der Waals surface area contributed by atoms with Crippen LogP contribution in [-0.2, 0) is 0 Å². The average Bonchev–Trinajstić information content (AvgIpc) is 2.51. The van der Waals surface area contributed by atoms with Gasteiger partial charge in [-0.25, -0.2) is 0 Å². The minimum absolute atomic E-state index is 0.147. The second-order valence-electron chi connectivity index (χ2n) is 6.13. The number of ketones is 1. The van der Waals surface area contributed by atoms with Gasteiger partial charge in [-0.1, -0.05) is 89.1 Å². The number of Topliss-reactive ketones (excluding diaryl/α,β-unsaturated/α-hetero) is 1. The highest BCUT2D eigenvalue weighted by Gasteiger charge is 2.16. The maximum Gasteiger partial charge on any atom is 0.191 e. The lowest BCUT2D eigenvalue weighted by Crippen LogP contribution is -2.20. The lowest BCUT2D eigenvalue weighted by Gasteiger charge is -2.13. The molecule has 0 heterocycles. The van der Waals surface area contributed by atoms with Crippen LogP contribution in [0.2, 0.25) is 0 Å². The summed E-state index contributed by atoms with van der Waals surface area (Å²) in [7, 11) is 0. The number of hydrogen-bond acceptors (Lipinski definition) is 2. The van der Waals surface area contributed by atoms with E-state index in [4.69, 9.17) is 0 Å². The highest BCUT2D eigenvalue weighted by Crippen LogP contribution is 2.18. The Kier molecular flexibility index (Phi) is 9.00. The summed E-state index contributed by atoms with van der Waals surface area (Å²) < 4.78 is 0. The van der Waals surface area contributed by atoms with E-state index in [1.54, 1.807) is 12.1 Å². The van der Waals surface area contributed by atoms with Gasteiger partial charge in [0.25, 0.3) is 0 Å². The van der Waals surface area contributed by atoms with Crippen LogP contribution in [0.5, 0.6) is 0 Å². The van der Waals surface area contributed by atoms with Crippen LogP contribution in [0.4, 0.5) is 0 Å². The van der Waals surface area contributed by atoms with E-state index in [1.165, 1.54) is 32.1 Å². The molecule has 0 aliphatic heterocycles. The fraction of sp³-hybridized carbons (Fsp3) is 0.632. The van der Waals surface area contributed by atoms with Crippen LogP contribution in [-0.4, -0.2) is 17.0 Å². The molecule has 1 rings (SSSR count). The van der Waals surface area contributed by atoms with Gasteiger partial charge in [0.15, 0.2) is 5.78 Å². The molecule has 1 N–H and O–H groups in total. The van der Waals surface area contributed by atoms with Crippen LogP contribution in [0.1, 0.15) is 75.6 Å². The summed E-state index contributed by atoms with van der Waals surface area (Å²) in [5.41, 5.74) is 0.609. The molecule has 1 aromatic rings. The summed E-state index contributed by atoms with van der Waals surface area (Å²) >= 11 is 0. The summed E-state index contributed by atoms with van der Waals surface area (Å²) in [5, 5.41) is 9.98. The topological polar surface area (TPSA) is 37.3 Å². The van der Waals surface area contributed by atoms with Gasteiger partial charge in [0.05, 0.1) is 0 Å². The number of benzene rings is 1. The zero-order valence-corrected chi connectivity index (χ0v) is 13.6. The second kappa shape index (κ2) is 10.6. The molecular weight excluding hydrogens is 260 g/mol.